The summed E-state index contributed by atoms with van der Waals surface area (Å²) in [5, 5.41) is 10.7. The van der Waals surface area contributed by atoms with Crippen LogP contribution < -0.4 is 4.90 Å². The Labute approximate surface area is 146 Å². The summed E-state index contributed by atoms with van der Waals surface area (Å²) in [7, 11) is 2.13. The standard InChI is InChI=1S/C22H29NO/c1-22(2,3)19-13-7-11-17(21(19)24)15-23(4)20-14-8-10-16-9-5-6-12-18(16)20/h7-8,10-11,13-14,24H,5-6,9,12,15H2,1-4H3. The van der Waals surface area contributed by atoms with E-state index in [2.05, 4.69) is 57.0 Å². The molecule has 0 fully saturated rings. The summed E-state index contributed by atoms with van der Waals surface area (Å²) >= 11 is 0. The van der Waals surface area contributed by atoms with Gasteiger partial charge in [0.2, 0.25) is 0 Å². The first-order chi connectivity index (χ1) is 11.4. The highest BCUT2D eigenvalue weighted by Gasteiger charge is 2.21. The molecule has 0 aliphatic heterocycles. The molecule has 2 aromatic carbocycles. The largest absolute Gasteiger partial charge is 0.507 e. The van der Waals surface area contributed by atoms with Gasteiger partial charge in [0, 0.05) is 24.8 Å². The number of benzene rings is 2. The predicted molar refractivity (Wildman–Crippen MR) is 102 cm³/mol. The zero-order chi connectivity index (χ0) is 17.3. The number of fused-ring (bicyclic) bond motifs is 1. The van der Waals surface area contributed by atoms with E-state index in [1.54, 1.807) is 0 Å². The van der Waals surface area contributed by atoms with Gasteiger partial charge < -0.3 is 10.0 Å². The summed E-state index contributed by atoms with van der Waals surface area (Å²) in [5.41, 5.74) is 6.27. The Kier molecular flexibility index (Phi) is 4.58. The predicted octanol–water partition coefficient (Wildman–Crippen LogP) is 5.20. The minimum atomic E-state index is -0.0510. The zero-order valence-electron chi connectivity index (χ0n) is 15.4. The third kappa shape index (κ3) is 3.28. The Morgan fingerprint density at radius 2 is 1.71 bits per heavy atom. The van der Waals surface area contributed by atoms with Gasteiger partial charge in [-0.1, -0.05) is 51.1 Å². The van der Waals surface area contributed by atoms with Crippen molar-refractivity contribution in [1.82, 2.24) is 0 Å². The van der Waals surface area contributed by atoms with Gasteiger partial charge in [-0.2, -0.15) is 0 Å². The third-order valence-electron chi connectivity index (χ3n) is 5.12. The number of phenolic OH excluding ortho intramolecular Hbond substituents is 1. The van der Waals surface area contributed by atoms with Gasteiger partial charge in [-0.3, -0.25) is 0 Å². The average Bonchev–Trinajstić information content (AvgIpc) is 2.55. The second-order valence-corrected chi connectivity index (χ2v) is 8.04. The normalized spacial score (nSPS) is 14.3. The van der Waals surface area contributed by atoms with Crippen LogP contribution in [0.4, 0.5) is 5.69 Å². The molecule has 0 aromatic heterocycles. The first-order valence-corrected chi connectivity index (χ1v) is 9.01. The van der Waals surface area contributed by atoms with Crippen LogP contribution >= 0.6 is 0 Å². The average molecular weight is 323 g/mol. The van der Waals surface area contributed by atoms with Crippen LogP contribution in [0.15, 0.2) is 36.4 Å². The minimum absolute atomic E-state index is 0.0510. The molecule has 0 heterocycles. The molecule has 1 aliphatic carbocycles. The Balaban J connectivity index is 1.90. The second kappa shape index (κ2) is 6.51. The van der Waals surface area contributed by atoms with E-state index in [0.717, 1.165) is 17.7 Å². The van der Waals surface area contributed by atoms with Crippen molar-refractivity contribution < 1.29 is 5.11 Å². The molecule has 3 rings (SSSR count). The molecule has 2 nitrogen and oxygen atoms in total. The molecule has 2 heteroatoms. The summed E-state index contributed by atoms with van der Waals surface area (Å²) in [6.07, 6.45) is 4.95. The van der Waals surface area contributed by atoms with Crippen molar-refractivity contribution in [2.75, 3.05) is 11.9 Å². The molecule has 0 spiro atoms. The number of hydrogen-bond acceptors (Lipinski definition) is 2. The number of aromatic hydroxyl groups is 1. The smallest absolute Gasteiger partial charge is 0.124 e. The summed E-state index contributed by atoms with van der Waals surface area (Å²) < 4.78 is 0. The van der Waals surface area contributed by atoms with Crippen LogP contribution in [0.1, 0.15) is 55.9 Å². The fraction of sp³-hybridized carbons (Fsp3) is 0.455. The lowest BCUT2D eigenvalue weighted by Gasteiger charge is -2.28. The first kappa shape index (κ1) is 16.9. The zero-order valence-corrected chi connectivity index (χ0v) is 15.4. The maximum Gasteiger partial charge on any atom is 0.124 e. The molecule has 0 amide bonds. The highest BCUT2D eigenvalue weighted by molar-refractivity contribution is 5.58. The molecular formula is C22H29NO. The summed E-state index contributed by atoms with van der Waals surface area (Å²) in [4.78, 5) is 2.28. The maximum atomic E-state index is 10.7. The van der Waals surface area contributed by atoms with Gasteiger partial charge in [-0.25, -0.2) is 0 Å². The lowest BCUT2D eigenvalue weighted by Crippen LogP contribution is -2.20. The highest BCUT2D eigenvalue weighted by atomic mass is 16.3. The molecule has 1 N–H and O–H groups in total. The number of hydrogen-bond donors (Lipinski definition) is 1. The fourth-order valence-corrected chi connectivity index (χ4v) is 3.78. The van der Waals surface area contributed by atoms with Crippen LogP contribution in [-0.2, 0) is 24.8 Å². The van der Waals surface area contributed by atoms with Crippen LogP contribution in [0.25, 0.3) is 0 Å². The van der Waals surface area contributed by atoms with E-state index in [9.17, 15) is 5.11 Å². The molecular weight excluding hydrogens is 294 g/mol. The first-order valence-electron chi connectivity index (χ1n) is 9.01. The van der Waals surface area contributed by atoms with Gasteiger partial charge in [0.15, 0.2) is 0 Å². The highest BCUT2D eigenvalue weighted by Crippen LogP contribution is 2.35. The fourth-order valence-electron chi connectivity index (χ4n) is 3.78. The molecule has 24 heavy (non-hydrogen) atoms. The van der Waals surface area contributed by atoms with Crippen molar-refractivity contribution in [2.24, 2.45) is 0 Å². The number of phenols is 1. The monoisotopic (exact) mass is 323 g/mol. The van der Waals surface area contributed by atoms with Crippen LogP contribution in [0.5, 0.6) is 5.75 Å². The molecule has 1 aliphatic rings. The minimum Gasteiger partial charge on any atom is -0.507 e. The van der Waals surface area contributed by atoms with Gasteiger partial charge in [0.1, 0.15) is 5.75 Å². The molecule has 128 valence electrons. The van der Waals surface area contributed by atoms with Crippen molar-refractivity contribution in [1.29, 1.82) is 0 Å². The Hall–Kier alpha value is -1.96. The number of aryl methyl sites for hydroxylation is 1. The lowest BCUT2D eigenvalue weighted by molar-refractivity contribution is 0.440. The molecule has 0 atom stereocenters. The molecule has 0 saturated carbocycles. The van der Waals surface area contributed by atoms with E-state index in [1.165, 1.54) is 42.5 Å². The molecule has 2 aromatic rings. The van der Waals surface area contributed by atoms with Crippen molar-refractivity contribution in [3.8, 4) is 5.75 Å². The van der Waals surface area contributed by atoms with E-state index >= 15 is 0 Å². The summed E-state index contributed by atoms with van der Waals surface area (Å²) in [6, 6.07) is 12.8. The van der Waals surface area contributed by atoms with E-state index in [-0.39, 0.29) is 5.41 Å². The van der Waals surface area contributed by atoms with Gasteiger partial charge in [-0.15, -0.1) is 0 Å². The molecule has 0 saturated heterocycles. The topological polar surface area (TPSA) is 23.5 Å². The van der Waals surface area contributed by atoms with Gasteiger partial charge in [-0.05, 0) is 53.9 Å². The van der Waals surface area contributed by atoms with Gasteiger partial charge in [0.05, 0.1) is 0 Å². The Bertz CT molecular complexity index is 727. The number of rotatable bonds is 3. The lowest BCUT2D eigenvalue weighted by atomic mass is 9.85. The van der Waals surface area contributed by atoms with Crippen molar-refractivity contribution in [3.05, 3.63) is 58.7 Å². The summed E-state index contributed by atoms with van der Waals surface area (Å²) in [6.45, 7) is 7.15. The van der Waals surface area contributed by atoms with Crippen LogP contribution in [0.2, 0.25) is 0 Å². The van der Waals surface area contributed by atoms with Gasteiger partial charge in [0.25, 0.3) is 0 Å². The Morgan fingerprint density at radius 3 is 2.46 bits per heavy atom. The number of nitrogens with zero attached hydrogens (tertiary/aromatic N) is 1. The Morgan fingerprint density at radius 1 is 1.00 bits per heavy atom. The van der Waals surface area contributed by atoms with Crippen molar-refractivity contribution in [2.45, 2.75) is 58.4 Å². The SMILES string of the molecule is CN(Cc1cccc(C(C)(C)C)c1O)c1cccc2c1CCCC2. The van der Waals surface area contributed by atoms with Crippen molar-refractivity contribution in [3.63, 3.8) is 0 Å². The molecule has 0 bridgehead atoms. The van der Waals surface area contributed by atoms with Gasteiger partial charge >= 0.3 is 0 Å². The van der Waals surface area contributed by atoms with Crippen LogP contribution in [0, 0.1) is 0 Å². The van der Waals surface area contributed by atoms with E-state index in [0.29, 0.717) is 5.75 Å². The second-order valence-electron chi connectivity index (χ2n) is 8.04. The van der Waals surface area contributed by atoms with Crippen molar-refractivity contribution >= 4 is 5.69 Å². The van der Waals surface area contributed by atoms with Crippen LogP contribution in [-0.4, -0.2) is 12.2 Å². The van der Waals surface area contributed by atoms with E-state index in [1.807, 2.05) is 12.1 Å². The summed E-state index contributed by atoms with van der Waals surface area (Å²) in [5.74, 6) is 0.446. The molecule has 0 unspecified atom stereocenters. The van der Waals surface area contributed by atoms with Crippen LogP contribution in [0.3, 0.4) is 0 Å². The maximum absolute atomic E-state index is 10.7. The molecule has 0 radical (unpaired) electrons. The quantitative estimate of drug-likeness (QED) is 0.838. The number of anilines is 1. The van der Waals surface area contributed by atoms with E-state index < -0.39 is 0 Å². The number of para-hydroxylation sites is 1. The van der Waals surface area contributed by atoms with E-state index in [4.69, 9.17) is 0 Å². The third-order valence-corrected chi connectivity index (χ3v) is 5.12.